The number of aliphatic carboxylic acids is 1. The largest absolute Gasteiger partial charge is 0.481 e. The molecule has 1 saturated heterocycles. The van der Waals surface area contributed by atoms with Gasteiger partial charge in [0.1, 0.15) is 0 Å². The van der Waals surface area contributed by atoms with Crippen LogP contribution in [-0.2, 0) is 9.59 Å². The van der Waals surface area contributed by atoms with Crippen LogP contribution in [0.3, 0.4) is 0 Å². The van der Waals surface area contributed by atoms with Crippen molar-refractivity contribution in [1.82, 2.24) is 9.88 Å². The third kappa shape index (κ3) is 5.97. The predicted octanol–water partition coefficient (Wildman–Crippen LogP) is 6.49. The van der Waals surface area contributed by atoms with Crippen molar-refractivity contribution < 1.29 is 14.7 Å². The van der Waals surface area contributed by atoms with Crippen molar-refractivity contribution in [1.29, 1.82) is 0 Å². The molecule has 4 atom stereocenters. The molecule has 1 amide bonds. The van der Waals surface area contributed by atoms with E-state index in [4.69, 9.17) is 23.2 Å². The lowest BCUT2D eigenvalue weighted by Gasteiger charge is -2.48. The molecule has 0 spiro atoms. The summed E-state index contributed by atoms with van der Waals surface area (Å²) in [5.74, 6) is -1.88. The van der Waals surface area contributed by atoms with E-state index in [1.165, 1.54) is 11.3 Å². The number of nitrogens with one attached hydrogen (secondary N) is 1. The first-order chi connectivity index (χ1) is 16.9. The number of halogens is 2. The molecule has 2 aromatic carbocycles. The molecule has 1 fully saturated rings. The third-order valence-electron chi connectivity index (χ3n) is 6.52. The molecule has 35 heavy (non-hydrogen) atoms. The maximum absolute atomic E-state index is 13.9. The normalized spacial score (nSPS) is 21.1. The van der Waals surface area contributed by atoms with Crippen molar-refractivity contribution in [3.63, 3.8) is 0 Å². The number of nitrogens with zero attached hydrogens (tertiary/aromatic N) is 2. The van der Waals surface area contributed by atoms with Crippen molar-refractivity contribution >= 4 is 51.5 Å². The highest BCUT2D eigenvalue weighted by atomic mass is 35.5. The number of hydrogen-bond donors (Lipinski definition) is 2. The number of carboxylic acids is 1. The maximum atomic E-state index is 13.9. The topological polar surface area (TPSA) is 82.5 Å². The molecule has 0 bridgehead atoms. The minimum absolute atomic E-state index is 0.133. The molecule has 3 aromatic rings. The molecule has 4 unspecified atom stereocenters. The first-order valence-electron chi connectivity index (χ1n) is 11.6. The number of aromatic nitrogens is 1. The minimum Gasteiger partial charge on any atom is -0.481 e. The Balaban J connectivity index is 1.79. The van der Waals surface area contributed by atoms with Gasteiger partial charge in [0, 0.05) is 46.0 Å². The standard InChI is InChI=1S/C26H27Cl2N3O3S/c1-2-21(15-30-26-29-10-11-35-26)31-24(16-6-8-19(27)9-7-16)22(17-4-3-5-20(28)12-17)13-18(25(31)34)14-23(32)33/h3-12,18,21-22,24H,2,13-15H2,1H3,(H,29,30)(H,32,33). The van der Waals surface area contributed by atoms with E-state index in [1.807, 2.05) is 65.7 Å². The summed E-state index contributed by atoms with van der Waals surface area (Å²) in [6.07, 6.45) is 2.63. The number of anilines is 1. The molecule has 0 radical (unpaired) electrons. The number of carbonyl (C=O) groups excluding carboxylic acids is 1. The predicted molar refractivity (Wildman–Crippen MR) is 140 cm³/mol. The lowest BCUT2D eigenvalue weighted by Crippen LogP contribution is -2.53. The molecule has 2 heterocycles. The van der Waals surface area contributed by atoms with Gasteiger partial charge in [0.15, 0.2) is 5.13 Å². The molecular weight excluding hydrogens is 505 g/mol. The van der Waals surface area contributed by atoms with Crippen LogP contribution < -0.4 is 5.32 Å². The second-order valence-corrected chi connectivity index (χ2v) is 10.5. The Morgan fingerprint density at radius 3 is 2.60 bits per heavy atom. The summed E-state index contributed by atoms with van der Waals surface area (Å²) in [5.41, 5.74) is 1.93. The van der Waals surface area contributed by atoms with Gasteiger partial charge in [-0.1, -0.05) is 54.4 Å². The van der Waals surface area contributed by atoms with E-state index >= 15 is 0 Å². The van der Waals surface area contributed by atoms with Crippen LogP contribution in [0.1, 0.15) is 49.3 Å². The lowest BCUT2D eigenvalue weighted by molar-refractivity contribution is -0.152. The number of amides is 1. The van der Waals surface area contributed by atoms with Gasteiger partial charge in [-0.05, 0) is 48.2 Å². The Bertz CT molecular complexity index is 1160. The fourth-order valence-corrected chi connectivity index (χ4v) is 5.79. The van der Waals surface area contributed by atoms with Crippen molar-refractivity contribution in [2.24, 2.45) is 5.92 Å². The number of benzene rings is 2. The van der Waals surface area contributed by atoms with Crippen LogP contribution in [0.2, 0.25) is 10.0 Å². The van der Waals surface area contributed by atoms with E-state index < -0.39 is 11.9 Å². The van der Waals surface area contributed by atoms with Gasteiger partial charge >= 0.3 is 5.97 Å². The van der Waals surface area contributed by atoms with Gasteiger partial charge in [-0.2, -0.15) is 0 Å². The first-order valence-corrected chi connectivity index (χ1v) is 13.2. The van der Waals surface area contributed by atoms with Gasteiger partial charge < -0.3 is 15.3 Å². The van der Waals surface area contributed by atoms with Gasteiger partial charge in [0.25, 0.3) is 0 Å². The van der Waals surface area contributed by atoms with Crippen LogP contribution >= 0.6 is 34.5 Å². The van der Waals surface area contributed by atoms with E-state index in [1.54, 1.807) is 6.20 Å². The van der Waals surface area contributed by atoms with Gasteiger partial charge in [0.05, 0.1) is 12.5 Å². The zero-order chi connectivity index (χ0) is 24.9. The van der Waals surface area contributed by atoms with Crippen LogP contribution in [0.25, 0.3) is 0 Å². The number of piperidine rings is 1. The van der Waals surface area contributed by atoms with Crippen molar-refractivity contribution in [3.8, 4) is 0 Å². The lowest BCUT2D eigenvalue weighted by atomic mass is 9.74. The Kier molecular flexibility index (Phi) is 8.31. The summed E-state index contributed by atoms with van der Waals surface area (Å²) in [6, 6.07) is 14.7. The maximum Gasteiger partial charge on any atom is 0.304 e. The first kappa shape index (κ1) is 25.5. The molecule has 4 rings (SSSR count). The van der Waals surface area contributed by atoms with Crippen LogP contribution in [0.5, 0.6) is 0 Å². The zero-order valence-corrected chi connectivity index (χ0v) is 21.6. The number of likely N-dealkylation sites (tertiary alicyclic amines) is 1. The number of thiazole rings is 1. The van der Waals surface area contributed by atoms with E-state index in [2.05, 4.69) is 10.3 Å². The Labute approximate surface area is 218 Å². The highest BCUT2D eigenvalue weighted by molar-refractivity contribution is 7.13. The quantitative estimate of drug-likeness (QED) is 0.329. The molecule has 9 heteroatoms. The Hall–Kier alpha value is -2.61. The Morgan fingerprint density at radius 1 is 1.20 bits per heavy atom. The molecule has 184 valence electrons. The van der Waals surface area contributed by atoms with Gasteiger partial charge in [-0.15, -0.1) is 11.3 Å². The fraction of sp³-hybridized carbons (Fsp3) is 0.346. The third-order valence-corrected chi connectivity index (χ3v) is 7.74. The van der Waals surface area contributed by atoms with E-state index in [0.29, 0.717) is 29.4 Å². The fourth-order valence-electron chi connectivity index (χ4n) is 4.93. The second kappa shape index (κ2) is 11.4. The van der Waals surface area contributed by atoms with E-state index in [-0.39, 0.29) is 30.3 Å². The van der Waals surface area contributed by atoms with E-state index in [0.717, 1.165) is 16.3 Å². The molecule has 2 N–H and O–H groups in total. The molecule has 1 aliphatic rings. The molecule has 0 saturated carbocycles. The Morgan fingerprint density at radius 2 is 1.97 bits per heavy atom. The summed E-state index contributed by atoms with van der Waals surface area (Å²) in [7, 11) is 0. The van der Waals surface area contributed by atoms with Crippen molar-refractivity contribution in [2.75, 3.05) is 11.9 Å². The van der Waals surface area contributed by atoms with Gasteiger partial charge in [-0.25, -0.2) is 4.98 Å². The monoisotopic (exact) mass is 531 g/mol. The number of rotatable bonds is 9. The van der Waals surface area contributed by atoms with Crippen LogP contribution in [0, 0.1) is 5.92 Å². The summed E-state index contributed by atoms with van der Waals surface area (Å²) in [5, 5.41) is 16.8. The average Bonchev–Trinajstić information content (AvgIpc) is 3.35. The zero-order valence-electron chi connectivity index (χ0n) is 19.2. The molecule has 6 nitrogen and oxygen atoms in total. The summed E-state index contributed by atoms with van der Waals surface area (Å²) in [6.45, 7) is 2.54. The van der Waals surface area contributed by atoms with Crippen molar-refractivity contribution in [3.05, 3.63) is 81.3 Å². The van der Waals surface area contributed by atoms with E-state index in [9.17, 15) is 14.7 Å². The average molecular weight is 532 g/mol. The highest BCUT2D eigenvalue weighted by Gasteiger charge is 2.46. The molecular formula is C26H27Cl2N3O3S. The van der Waals surface area contributed by atoms with Crippen LogP contribution in [-0.4, -0.2) is 39.5 Å². The molecule has 1 aromatic heterocycles. The number of hydrogen-bond acceptors (Lipinski definition) is 5. The highest BCUT2D eigenvalue weighted by Crippen LogP contribution is 2.47. The summed E-state index contributed by atoms with van der Waals surface area (Å²) < 4.78 is 0. The molecule has 0 aliphatic carbocycles. The van der Waals surface area contributed by atoms with Crippen LogP contribution in [0.4, 0.5) is 5.13 Å². The molecule has 1 aliphatic heterocycles. The van der Waals surface area contributed by atoms with Crippen molar-refractivity contribution in [2.45, 2.75) is 44.2 Å². The summed E-state index contributed by atoms with van der Waals surface area (Å²) in [4.78, 5) is 31.8. The van der Waals surface area contributed by atoms with Gasteiger partial charge in [0.2, 0.25) is 5.91 Å². The minimum atomic E-state index is -0.980. The van der Waals surface area contributed by atoms with Crippen LogP contribution in [0.15, 0.2) is 60.1 Å². The smallest absolute Gasteiger partial charge is 0.304 e. The summed E-state index contributed by atoms with van der Waals surface area (Å²) >= 11 is 14.0. The number of carbonyl (C=O) groups is 2. The number of carboxylic acid groups (broad SMARTS) is 1. The second-order valence-electron chi connectivity index (χ2n) is 8.71. The van der Waals surface area contributed by atoms with Gasteiger partial charge in [-0.3, -0.25) is 9.59 Å². The SMILES string of the molecule is CCC(CNc1nccs1)N1C(=O)C(CC(=O)O)CC(c2cccc(Cl)c2)C1c1ccc(Cl)cc1.